The van der Waals surface area contributed by atoms with E-state index in [1.165, 1.54) is 0 Å². The standard InChI is InChI=1S/C14H15Cl2N3OS/c1-8(11-6-9(15)2-5-12(11)16)21-14-18-17-13(7-20)19(14)10-3-4-10/h2,5-6,8,10,20H,3-4,7H2,1H3. The molecule has 0 amide bonds. The Kier molecular flexibility index (Phi) is 4.45. The Morgan fingerprint density at radius 1 is 1.38 bits per heavy atom. The maximum absolute atomic E-state index is 9.37. The molecule has 21 heavy (non-hydrogen) atoms. The third-order valence-corrected chi connectivity index (χ3v) is 5.14. The van der Waals surface area contributed by atoms with Gasteiger partial charge in [-0.05, 0) is 43.5 Å². The zero-order valence-corrected chi connectivity index (χ0v) is 13.8. The lowest BCUT2D eigenvalue weighted by molar-refractivity contribution is 0.263. The predicted octanol–water partition coefficient (Wildman–Crippen LogP) is 4.27. The number of rotatable bonds is 5. The number of nitrogens with zero attached hydrogens (tertiary/aromatic N) is 3. The van der Waals surface area contributed by atoms with Gasteiger partial charge in [0.15, 0.2) is 11.0 Å². The van der Waals surface area contributed by atoms with Crippen LogP contribution in [-0.4, -0.2) is 19.9 Å². The van der Waals surface area contributed by atoms with E-state index in [9.17, 15) is 5.11 Å². The summed E-state index contributed by atoms with van der Waals surface area (Å²) >= 11 is 13.9. The van der Waals surface area contributed by atoms with Gasteiger partial charge in [0.2, 0.25) is 0 Å². The van der Waals surface area contributed by atoms with Crippen molar-refractivity contribution >= 4 is 35.0 Å². The number of hydrogen-bond donors (Lipinski definition) is 1. The molecule has 1 fully saturated rings. The molecule has 0 spiro atoms. The molecule has 0 bridgehead atoms. The van der Waals surface area contributed by atoms with Gasteiger partial charge in [0, 0.05) is 21.3 Å². The molecule has 4 nitrogen and oxygen atoms in total. The quantitative estimate of drug-likeness (QED) is 0.823. The summed E-state index contributed by atoms with van der Waals surface area (Å²) < 4.78 is 2.04. The summed E-state index contributed by atoms with van der Waals surface area (Å²) in [4.78, 5) is 0. The molecule has 1 aliphatic rings. The summed E-state index contributed by atoms with van der Waals surface area (Å²) in [7, 11) is 0. The molecule has 0 radical (unpaired) electrons. The lowest BCUT2D eigenvalue weighted by Crippen LogP contribution is -2.03. The van der Waals surface area contributed by atoms with Crippen molar-refractivity contribution in [2.75, 3.05) is 0 Å². The van der Waals surface area contributed by atoms with Crippen LogP contribution in [0.3, 0.4) is 0 Å². The highest BCUT2D eigenvalue weighted by Gasteiger charge is 2.30. The van der Waals surface area contributed by atoms with E-state index in [1.807, 2.05) is 10.6 Å². The molecule has 1 aromatic heterocycles. The first-order valence-corrected chi connectivity index (χ1v) is 8.40. The maximum atomic E-state index is 9.37. The Bertz CT molecular complexity index is 658. The fraction of sp³-hybridized carbons (Fsp3) is 0.429. The smallest absolute Gasteiger partial charge is 0.192 e. The Labute approximate surface area is 137 Å². The molecule has 1 aromatic carbocycles. The fourth-order valence-electron chi connectivity index (χ4n) is 2.24. The van der Waals surface area contributed by atoms with Crippen LogP contribution in [0.4, 0.5) is 0 Å². The number of thioether (sulfide) groups is 1. The van der Waals surface area contributed by atoms with Crippen LogP contribution < -0.4 is 0 Å². The minimum atomic E-state index is -0.0869. The normalized spacial score (nSPS) is 16.2. The fourth-order valence-corrected chi connectivity index (χ4v) is 3.86. The predicted molar refractivity (Wildman–Crippen MR) is 84.9 cm³/mol. The Hall–Kier alpha value is -0.750. The number of hydrogen-bond acceptors (Lipinski definition) is 4. The molecule has 1 heterocycles. The maximum Gasteiger partial charge on any atom is 0.192 e. The van der Waals surface area contributed by atoms with E-state index in [1.54, 1.807) is 23.9 Å². The van der Waals surface area contributed by atoms with Crippen molar-refractivity contribution in [2.45, 2.75) is 42.8 Å². The summed E-state index contributed by atoms with van der Waals surface area (Å²) in [5, 5.41) is 19.9. The van der Waals surface area contributed by atoms with Crippen molar-refractivity contribution in [1.29, 1.82) is 0 Å². The molecular formula is C14H15Cl2N3OS. The number of aliphatic hydroxyl groups excluding tert-OH is 1. The summed E-state index contributed by atoms with van der Waals surface area (Å²) in [5.74, 6) is 0.629. The van der Waals surface area contributed by atoms with Gasteiger partial charge in [-0.2, -0.15) is 0 Å². The zero-order valence-electron chi connectivity index (χ0n) is 11.5. The van der Waals surface area contributed by atoms with Crippen LogP contribution in [0, 0.1) is 0 Å². The molecule has 2 aromatic rings. The first-order valence-electron chi connectivity index (χ1n) is 6.76. The highest BCUT2D eigenvalue weighted by atomic mass is 35.5. The van der Waals surface area contributed by atoms with E-state index in [0.29, 0.717) is 21.9 Å². The number of aromatic nitrogens is 3. The third-order valence-electron chi connectivity index (χ3n) is 3.47. The van der Waals surface area contributed by atoms with Crippen molar-refractivity contribution in [3.05, 3.63) is 39.6 Å². The summed E-state index contributed by atoms with van der Waals surface area (Å²) in [6, 6.07) is 5.89. The van der Waals surface area contributed by atoms with Crippen molar-refractivity contribution in [1.82, 2.24) is 14.8 Å². The van der Waals surface area contributed by atoms with Gasteiger partial charge in [-0.25, -0.2) is 0 Å². The van der Waals surface area contributed by atoms with Gasteiger partial charge in [0.25, 0.3) is 0 Å². The molecule has 3 rings (SSSR count). The molecular weight excluding hydrogens is 329 g/mol. The minimum absolute atomic E-state index is 0.0869. The van der Waals surface area contributed by atoms with Crippen LogP contribution >= 0.6 is 35.0 Å². The summed E-state index contributed by atoms with van der Waals surface area (Å²) in [6.07, 6.45) is 2.23. The average Bonchev–Trinajstić information content (AvgIpc) is 3.23. The van der Waals surface area contributed by atoms with Gasteiger partial charge in [0.1, 0.15) is 6.61 Å². The largest absolute Gasteiger partial charge is 0.388 e. The van der Waals surface area contributed by atoms with E-state index in [4.69, 9.17) is 23.2 Å². The minimum Gasteiger partial charge on any atom is -0.388 e. The van der Waals surface area contributed by atoms with Gasteiger partial charge in [-0.1, -0.05) is 35.0 Å². The van der Waals surface area contributed by atoms with Crippen molar-refractivity contribution in [2.24, 2.45) is 0 Å². The summed E-state index contributed by atoms with van der Waals surface area (Å²) in [6.45, 7) is 1.98. The van der Waals surface area contributed by atoms with Crippen LogP contribution in [0.1, 0.15) is 42.4 Å². The lowest BCUT2D eigenvalue weighted by atomic mass is 10.2. The monoisotopic (exact) mass is 343 g/mol. The highest BCUT2D eigenvalue weighted by molar-refractivity contribution is 7.99. The molecule has 112 valence electrons. The van der Waals surface area contributed by atoms with Gasteiger partial charge in [-0.3, -0.25) is 0 Å². The number of benzene rings is 1. The van der Waals surface area contributed by atoms with Gasteiger partial charge >= 0.3 is 0 Å². The molecule has 1 atom stereocenters. The van der Waals surface area contributed by atoms with Crippen LogP contribution in [-0.2, 0) is 6.61 Å². The topological polar surface area (TPSA) is 50.9 Å². The molecule has 1 N–H and O–H groups in total. The second-order valence-corrected chi connectivity index (χ2v) is 7.24. The van der Waals surface area contributed by atoms with Crippen molar-refractivity contribution in [3.8, 4) is 0 Å². The van der Waals surface area contributed by atoms with Gasteiger partial charge in [0.05, 0.1) is 0 Å². The second kappa shape index (κ2) is 6.16. The van der Waals surface area contributed by atoms with Crippen LogP contribution in [0.2, 0.25) is 10.0 Å². The van der Waals surface area contributed by atoms with Crippen LogP contribution in [0.5, 0.6) is 0 Å². The lowest BCUT2D eigenvalue weighted by Gasteiger charge is -2.14. The zero-order chi connectivity index (χ0) is 15.0. The SMILES string of the molecule is CC(Sc1nnc(CO)n1C1CC1)c1cc(Cl)ccc1Cl. The first kappa shape index (κ1) is 15.2. The molecule has 0 aliphatic heterocycles. The van der Waals surface area contributed by atoms with Crippen LogP contribution in [0.25, 0.3) is 0 Å². The van der Waals surface area contributed by atoms with Crippen molar-refractivity contribution in [3.63, 3.8) is 0 Å². The Morgan fingerprint density at radius 2 is 2.14 bits per heavy atom. The third kappa shape index (κ3) is 3.21. The first-order chi connectivity index (χ1) is 10.1. The Balaban J connectivity index is 1.86. The summed E-state index contributed by atoms with van der Waals surface area (Å²) in [5.41, 5.74) is 0.977. The van der Waals surface area contributed by atoms with Gasteiger partial charge in [-0.15, -0.1) is 10.2 Å². The molecule has 0 saturated heterocycles. The van der Waals surface area contributed by atoms with Crippen molar-refractivity contribution < 1.29 is 5.11 Å². The van der Waals surface area contributed by atoms with E-state index < -0.39 is 0 Å². The number of aliphatic hydroxyl groups is 1. The molecule has 7 heteroatoms. The van der Waals surface area contributed by atoms with E-state index in [0.717, 1.165) is 23.6 Å². The second-order valence-electron chi connectivity index (χ2n) is 5.08. The van der Waals surface area contributed by atoms with E-state index in [2.05, 4.69) is 17.1 Å². The Morgan fingerprint density at radius 3 is 2.81 bits per heavy atom. The molecule has 1 unspecified atom stereocenters. The number of halogens is 2. The average molecular weight is 344 g/mol. The van der Waals surface area contributed by atoms with E-state index >= 15 is 0 Å². The van der Waals surface area contributed by atoms with Gasteiger partial charge < -0.3 is 9.67 Å². The van der Waals surface area contributed by atoms with Crippen LogP contribution in [0.15, 0.2) is 23.4 Å². The molecule has 1 aliphatic carbocycles. The highest BCUT2D eigenvalue weighted by Crippen LogP contribution is 2.43. The molecule has 1 saturated carbocycles. The van der Waals surface area contributed by atoms with E-state index in [-0.39, 0.29) is 11.9 Å².